The predicted molar refractivity (Wildman–Crippen MR) is 69.6 cm³/mol. The summed E-state index contributed by atoms with van der Waals surface area (Å²) >= 11 is 9.11. The number of aromatic nitrogens is 1. The quantitative estimate of drug-likeness (QED) is 0.732. The summed E-state index contributed by atoms with van der Waals surface area (Å²) in [6.45, 7) is 2.52. The molecule has 1 rings (SSSR count). The van der Waals surface area contributed by atoms with Crippen molar-refractivity contribution < 1.29 is 0 Å². The van der Waals surface area contributed by atoms with E-state index in [4.69, 9.17) is 18.0 Å². The Morgan fingerprint density at radius 1 is 1.73 bits per heavy atom. The fraction of sp³-hybridized carbons (Fsp3) is 0.500. The van der Waals surface area contributed by atoms with E-state index in [9.17, 15) is 0 Å². The van der Waals surface area contributed by atoms with Crippen molar-refractivity contribution in [3.63, 3.8) is 0 Å². The zero-order valence-corrected chi connectivity index (χ0v) is 11.0. The zero-order valence-electron chi connectivity index (χ0n) is 8.57. The molecule has 5 heteroatoms. The number of halogens is 1. The van der Waals surface area contributed by atoms with Crippen LogP contribution in [0.2, 0.25) is 4.47 Å². The monoisotopic (exact) mass is 260 g/mol. The molecule has 0 saturated heterocycles. The smallest absolute Gasteiger partial charge is 0.183 e. The normalized spacial score (nSPS) is 10.5. The van der Waals surface area contributed by atoms with Crippen LogP contribution >= 0.6 is 34.7 Å². The van der Waals surface area contributed by atoms with Gasteiger partial charge in [-0.15, -0.1) is 17.8 Å². The van der Waals surface area contributed by atoms with Crippen molar-refractivity contribution in [1.82, 2.24) is 9.88 Å². The van der Waals surface area contributed by atoms with E-state index in [1.165, 1.54) is 11.3 Å². The fourth-order valence-corrected chi connectivity index (χ4v) is 2.60. The van der Waals surface area contributed by atoms with Gasteiger partial charge in [-0.05, 0) is 6.26 Å². The van der Waals surface area contributed by atoms with Gasteiger partial charge in [0.25, 0.3) is 0 Å². The standard InChI is InChI=1S/C10H13ClN2S2/c1-3-4-13(5-6-14-2)8-9-7-12-10(11)15-9/h1,7H,4-6,8H2,2H3. The first-order valence-corrected chi connectivity index (χ1v) is 7.10. The van der Waals surface area contributed by atoms with Crippen molar-refractivity contribution in [2.45, 2.75) is 6.54 Å². The second kappa shape index (κ2) is 7.13. The molecule has 1 aromatic heterocycles. The molecule has 0 bridgehead atoms. The molecule has 2 nitrogen and oxygen atoms in total. The number of hydrogen-bond acceptors (Lipinski definition) is 4. The van der Waals surface area contributed by atoms with Crippen LogP contribution in [0.1, 0.15) is 4.88 Å². The summed E-state index contributed by atoms with van der Waals surface area (Å²) in [5.41, 5.74) is 0. The van der Waals surface area contributed by atoms with Crippen LogP contribution in [0.15, 0.2) is 6.20 Å². The second-order valence-corrected chi connectivity index (χ2v) is 5.67. The molecule has 0 unspecified atom stereocenters. The summed E-state index contributed by atoms with van der Waals surface area (Å²) in [4.78, 5) is 7.40. The molecule has 0 radical (unpaired) electrons. The molecule has 0 atom stereocenters. The number of rotatable bonds is 6. The van der Waals surface area contributed by atoms with Gasteiger partial charge in [0.05, 0.1) is 6.54 Å². The largest absolute Gasteiger partial charge is 0.286 e. The highest BCUT2D eigenvalue weighted by Crippen LogP contribution is 2.19. The Balaban J connectivity index is 2.47. The minimum Gasteiger partial charge on any atom is -0.286 e. The molecule has 15 heavy (non-hydrogen) atoms. The minimum absolute atomic E-state index is 0.593. The molecular formula is C10H13ClN2S2. The third kappa shape index (κ3) is 4.89. The number of thioether (sulfide) groups is 1. The van der Waals surface area contributed by atoms with E-state index in [2.05, 4.69) is 22.1 Å². The van der Waals surface area contributed by atoms with Gasteiger partial charge < -0.3 is 0 Å². The zero-order chi connectivity index (χ0) is 11.1. The van der Waals surface area contributed by atoms with Crippen LogP contribution in [0.25, 0.3) is 0 Å². The molecule has 0 N–H and O–H groups in total. The van der Waals surface area contributed by atoms with Gasteiger partial charge in [-0.25, -0.2) is 4.98 Å². The van der Waals surface area contributed by atoms with Gasteiger partial charge in [0, 0.05) is 29.9 Å². The first-order chi connectivity index (χ1) is 7.26. The van der Waals surface area contributed by atoms with Crippen LogP contribution in [0.3, 0.4) is 0 Å². The first kappa shape index (κ1) is 12.9. The van der Waals surface area contributed by atoms with Crippen LogP contribution in [0.5, 0.6) is 0 Å². The van der Waals surface area contributed by atoms with E-state index in [0.717, 1.165) is 23.7 Å². The molecule has 0 aliphatic rings. The summed E-state index contributed by atoms with van der Waals surface area (Å²) in [5, 5.41) is 0. The molecule has 0 saturated carbocycles. The van der Waals surface area contributed by atoms with Crippen molar-refractivity contribution in [3.8, 4) is 12.3 Å². The number of nitrogens with zero attached hydrogens (tertiary/aromatic N) is 2. The van der Waals surface area contributed by atoms with E-state index in [1.54, 1.807) is 0 Å². The number of hydrogen-bond donors (Lipinski definition) is 0. The predicted octanol–water partition coefficient (Wildman–Crippen LogP) is 2.59. The van der Waals surface area contributed by atoms with Gasteiger partial charge in [-0.2, -0.15) is 11.8 Å². The Morgan fingerprint density at radius 3 is 3.07 bits per heavy atom. The van der Waals surface area contributed by atoms with E-state index < -0.39 is 0 Å². The molecule has 0 aromatic carbocycles. The van der Waals surface area contributed by atoms with E-state index >= 15 is 0 Å². The number of thiazole rings is 1. The second-order valence-electron chi connectivity index (χ2n) is 2.99. The Kier molecular flexibility index (Phi) is 6.11. The Labute approximate surface area is 104 Å². The average molecular weight is 261 g/mol. The van der Waals surface area contributed by atoms with Crippen LogP contribution in [-0.4, -0.2) is 35.0 Å². The van der Waals surface area contributed by atoms with Gasteiger partial charge in [0.15, 0.2) is 4.47 Å². The lowest BCUT2D eigenvalue weighted by atomic mass is 10.4. The molecule has 1 aromatic rings. The van der Waals surface area contributed by atoms with Crippen LogP contribution in [-0.2, 0) is 6.54 Å². The molecule has 1 heterocycles. The van der Waals surface area contributed by atoms with Gasteiger partial charge >= 0.3 is 0 Å². The molecule has 82 valence electrons. The van der Waals surface area contributed by atoms with Gasteiger partial charge in [-0.3, -0.25) is 4.90 Å². The van der Waals surface area contributed by atoms with E-state index in [1.807, 2.05) is 18.0 Å². The summed E-state index contributed by atoms with van der Waals surface area (Å²) in [5.74, 6) is 3.76. The van der Waals surface area contributed by atoms with Gasteiger partial charge in [0.1, 0.15) is 0 Å². The summed E-state index contributed by atoms with van der Waals surface area (Å²) in [6.07, 6.45) is 9.23. The maximum Gasteiger partial charge on any atom is 0.183 e. The summed E-state index contributed by atoms with van der Waals surface area (Å²) in [6, 6.07) is 0. The maximum absolute atomic E-state index is 5.77. The van der Waals surface area contributed by atoms with Crippen LogP contribution < -0.4 is 0 Å². The van der Waals surface area contributed by atoms with Crippen molar-refractivity contribution >= 4 is 34.7 Å². The molecule has 0 aliphatic carbocycles. The number of terminal acetylenes is 1. The van der Waals surface area contributed by atoms with E-state index in [-0.39, 0.29) is 0 Å². The third-order valence-electron chi connectivity index (χ3n) is 1.83. The third-order valence-corrected chi connectivity index (χ3v) is 3.52. The Morgan fingerprint density at radius 2 is 2.53 bits per heavy atom. The molecule has 0 aliphatic heterocycles. The molecule has 0 fully saturated rings. The van der Waals surface area contributed by atoms with Crippen LogP contribution in [0.4, 0.5) is 0 Å². The fourth-order valence-electron chi connectivity index (χ4n) is 1.14. The van der Waals surface area contributed by atoms with Crippen LogP contribution in [0, 0.1) is 12.3 Å². The van der Waals surface area contributed by atoms with Crippen molar-refractivity contribution in [1.29, 1.82) is 0 Å². The SMILES string of the molecule is C#CCN(CCSC)Cc1cnc(Cl)s1. The van der Waals surface area contributed by atoms with Crippen molar-refractivity contribution in [2.75, 3.05) is 25.1 Å². The van der Waals surface area contributed by atoms with Gasteiger partial charge in [0.2, 0.25) is 0 Å². The summed E-state index contributed by atoms with van der Waals surface area (Å²) in [7, 11) is 0. The van der Waals surface area contributed by atoms with E-state index in [0.29, 0.717) is 11.0 Å². The lowest BCUT2D eigenvalue weighted by Crippen LogP contribution is -2.25. The Bertz CT molecular complexity index is 332. The highest BCUT2D eigenvalue weighted by molar-refractivity contribution is 7.98. The minimum atomic E-state index is 0.593. The Hall–Kier alpha value is -0.210. The summed E-state index contributed by atoms with van der Waals surface area (Å²) < 4.78 is 0.593. The lowest BCUT2D eigenvalue weighted by molar-refractivity contribution is 0.321. The average Bonchev–Trinajstić information content (AvgIpc) is 2.61. The molecule has 0 spiro atoms. The highest BCUT2D eigenvalue weighted by atomic mass is 35.5. The molecule has 0 amide bonds. The highest BCUT2D eigenvalue weighted by Gasteiger charge is 2.06. The maximum atomic E-state index is 5.77. The van der Waals surface area contributed by atoms with Crippen molar-refractivity contribution in [3.05, 3.63) is 15.5 Å². The van der Waals surface area contributed by atoms with Crippen molar-refractivity contribution in [2.24, 2.45) is 0 Å². The molecular weight excluding hydrogens is 248 g/mol. The lowest BCUT2D eigenvalue weighted by Gasteiger charge is -2.17. The topological polar surface area (TPSA) is 16.1 Å². The van der Waals surface area contributed by atoms with Gasteiger partial charge in [-0.1, -0.05) is 17.5 Å². The first-order valence-electron chi connectivity index (χ1n) is 4.51.